The van der Waals surface area contributed by atoms with Crippen molar-refractivity contribution in [3.8, 4) is 5.75 Å². The van der Waals surface area contributed by atoms with E-state index in [2.05, 4.69) is 15.4 Å². The molecule has 2 aromatic heterocycles. The maximum absolute atomic E-state index is 14.2. The zero-order valence-electron chi connectivity index (χ0n) is 15.5. The molecule has 0 fully saturated rings. The molecule has 8 nitrogen and oxygen atoms in total. The molecule has 1 aliphatic heterocycles. The Hall–Kier alpha value is -3.27. The van der Waals surface area contributed by atoms with Crippen molar-refractivity contribution in [1.82, 2.24) is 14.6 Å². The number of carboxylic acids is 1. The molecule has 3 aromatic rings. The number of alkyl halides is 1. The van der Waals surface area contributed by atoms with Gasteiger partial charge in [0.25, 0.3) is 0 Å². The van der Waals surface area contributed by atoms with Gasteiger partial charge in [0.05, 0.1) is 12.2 Å². The summed E-state index contributed by atoms with van der Waals surface area (Å²) in [4.78, 5) is 15.6. The van der Waals surface area contributed by atoms with Gasteiger partial charge in [-0.15, -0.1) is 0 Å². The summed E-state index contributed by atoms with van der Waals surface area (Å²) in [6.07, 6.45) is 2.97. The van der Waals surface area contributed by atoms with Gasteiger partial charge in [0.1, 0.15) is 29.6 Å². The molecule has 152 valence electrons. The first-order chi connectivity index (χ1) is 13.9. The van der Waals surface area contributed by atoms with Crippen LogP contribution in [0.4, 0.5) is 14.6 Å². The number of halogens is 2. The molecular formula is C19H19F2N5O3. The molecule has 0 bridgehead atoms. The average Bonchev–Trinajstić information content (AvgIpc) is 3.28. The number of ether oxygens (including phenoxy) is 1. The molecule has 0 radical (unpaired) electrons. The Balaban J connectivity index is 1.67. The molecule has 1 aliphatic rings. The molecule has 0 amide bonds. The van der Waals surface area contributed by atoms with Crippen LogP contribution in [0.25, 0.3) is 5.65 Å². The quantitative estimate of drug-likeness (QED) is 0.579. The number of nitrogens with zero attached hydrogens (tertiary/aromatic N) is 3. The maximum Gasteiger partial charge on any atom is 0.341 e. The molecule has 0 saturated heterocycles. The fourth-order valence-corrected chi connectivity index (χ4v) is 3.49. The van der Waals surface area contributed by atoms with Crippen molar-refractivity contribution >= 4 is 17.4 Å². The van der Waals surface area contributed by atoms with E-state index < -0.39 is 30.1 Å². The van der Waals surface area contributed by atoms with E-state index in [0.717, 1.165) is 0 Å². The normalized spacial score (nSPS) is 19.0. The lowest BCUT2D eigenvalue weighted by atomic mass is 9.96. The number of aromatic nitrogens is 3. The van der Waals surface area contributed by atoms with Crippen LogP contribution in [0.2, 0.25) is 0 Å². The third kappa shape index (κ3) is 3.25. The van der Waals surface area contributed by atoms with Crippen molar-refractivity contribution in [1.29, 1.82) is 0 Å². The predicted molar refractivity (Wildman–Crippen MR) is 100 cm³/mol. The number of hydrogen-bond acceptors (Lipinski definition) is 6. The summed E-state index contributed by atoms with van der Waals surface area (Å²) in [6.45, 7) is 0.966. The average molecular weight is 403 g/mol. The summed E-state index contributed by atoms with van der Waals surface area (Å²) >= 11 is 0. The lowest BCUT2D eigenvalue weighted by Crippen LogP contribution is -2.44. The number of anilines is 1. The van der Waals surface area contributed by atoms with Crippen LogP contribution in [0.15, 0.2) is 30.6 Å². The van der Waals surface area contributed by atoms with E-state index in [1.807, 2.05) is 0 Å². The van der Waals surface area contributed by atoms with Gasteiger partial charge in [-0.3, -0.25) is 0 Å². The number of nitrogens with two attached hydrogens (primary N) is 1. The van der Waals surface area contributed by atoms with Crippen LogP contribution < -0.4 is 15.8 Å². The van der Waals surface area contributed by atoms with E-state index in [9.17, 15) is 18.7 Å². The van der Waals surface area contributed by atoms with Crippen LogP contribution in [-0.4, -0.2) is 44.5 Å². The summed E-state index contributed by atoms with van der Waals surface area (Å²) in [5.74, 6) is -0.820. The van der Waals surface area contributed by atoms with E-state index in [1.54, 1.807) is 19.2 Å². The van der Waals surface area contributed by atoms with Crippen LogP contribution in [0.3, 0.4) is 0 Å². The number of carbonyl (C=O) groups is 1. The number of carboxylic acid groups (broad SMARTS) is 1. The monoisotopic (exact) mass is 403 g/mol. The molecular weight excluding hydrogens is 384 g/mol. The lowest BCUT2D eigenvalue weighted by Gasteiger charge is -2.25. The van der Waals surface area contributed by atoms with E-state index >= 15 is 0 Å². The van der Waals surface area contributed by atoms with E-state index in [1.165, 1.54) is 22.8 Å². The van der Waals surface area contributed by atoms with Gasteiger partial charge in [0.15, 0.2) is 11.2 Å². The summed E-state index contributed by atoms with van der Waals surface area (Å²) in [7, 11) is 0. The summed E-state index contributed by atoms with van der Waals surface area (Å²) in [5.41, 5.74) is 5.70. The van der Waals surface area contributed by atoms with Crippen LogP contribution in [0, 0.1) is 5.82 Å². The predicted octanol–water partition coefficient (Wildman–Crippen LogP) is 2.34. The Labute approximate surface area is 164 Å². The first-order valence-electron chi connectivity index (χ1n) is 8.97. The highest BCUT2D eigenvalue weighted by Crippen LogP contribution is 2.41. The molecule has 0 saturated carbocycles. The van der Waals surface area contributed by atoms with Crippen molar-refractivity contribution in [3.63, 3.8) is 0 Å². The van der Waals surface area contributed by atoms with Crippen molar-refractivity contribution < 1.29 is 23.4 Å². The van der Waals surface area contributed by atoms with Crippen molar-refractivity contribution in [3.05, 3.63) is 53.1 Å². The first kappa shape index (κ1) is 19.1. The second-order valence-electron chi connectivity index (χ2n) is 7.09. The Morgan fingerprint density at radius 2 is 2.31 bits per heavy atom. The van der Waals surface area contributed by atoms with E-state index in [4.69, 9.17) is 10.5 Å². The maximum atomic E-state index is 14.2. The minimum absolute atomic E-state index is 0.0293. The molecule has 0 spiro atoms. The summed E-state index contributed by atoms with van der Waals surface area (Å²) in [6, 6.07) is 3.81. The molecule has 2 unspecified atom stereocenters. The van der Waals surface area contributed by atoms with Gasteiger partial charge in [-0.2, -0.15) is 5.10 Å². The fraction of sp³-hybridized carbons (Fsp3) is 0.316. The van der Waals surface area contributed by atoms with Gasteiger partial charge >= 0.3 is 5.97 Å². The largest absolute Gasteiger partial charge is 0.482 e. The Kier molecular flexibility index (Phi) is 4.58. The minimum atomic E-state index is -1.18. The Bertz CT molecular complexity index is 1100. The van der Waals surface area contributed by atoms with Gasteiger partial charge < -0.3 is 20.9 Å². The SMILES string of the molecule is CC(Nc1ccn2ncc(C(=O)O)c2n1)c1cc(F)cc2c1OC(CN)(CF)C2. The second-order valence-corrected chi connectivity index (χ2v) is 7.09. The van der Waals surface area contributed by atoms with Crippen LogP contribution in [-0.2, 0) is 6.42 Å². The third-order valence-electron chi connectivity index (χ3n) is 5.04. The van der Waals surface area contributed by atoms with Crippen molar-refractivity contribution in [2.24, 2.45) is 5.73 Å². The van der Waals surface area contributed by atoms with Gasteiger partial charge in [-0.1, -0.05) is 0 Å². The fourth-order valence-electron chi connectivity index (χ4n) is 3.49. The number of hydrogen-bond donors (Lipinski definition) is 3. The summed E-state index contributed by atoms with van der Waals surface area (Å²) in [5, 5.41) is 16.3. The molecule has 29 heavy (non-hydrogen) atoms. The zero-order valence-corrected chi connectivity index (χ0v) is 15.5. The first-order valence-corrected chi connectivity index (χ1v) is 8.97. The Morgan fingerprint density at radius 1 is 1.52 bits per heavy atom. The van der Waals surface area contributed by atoms with E-state index in [0.29, 0.717) is 22.7 Å². The number of aromatic carboxylic acids is 1. The highest BCUT2D eigenvalue weighted by molar-refractivity contribution is 5.94. The number of fused-ring (bicyclic) bond motifs is 2. The molecule has 1 aromatic carbocycles. The lowest BCUT2D eigenvalue weighted by molar-refractivity contribution is 0.0698. The topological polar surface area (TPSA) is 115 Å². The number of rotatable bonds is 6. The zero-order chi connectivity index (χ0) is 20.8. The minimum Gasteiger partial charge on any atom is -0.482 e. The number of benzene rings is 1. The molecule has 4 rings (SSSR count). The standard InChI is InChI=1S/C19H19F2N5O3/c1-10(24-15-2-3-26-17(25-15)14(7-23-26)18(27)28)13-5-12(21)4-11-6-19(8-20,9-22)29-16(11)13/h2-5,7,10H,6,8-9,22H2,1H3,(H,24,25)(H,27,28). The van der Waals surface area contributed by atoms with Gasteiger partial charge in [-0.25, -0.2) is 23.1 Å². The number of nitrogens with one attached hydrogen (secondary N) is 1. The van der Waals surface area contributed by atoms with Crippen LogP contribution >= 0.6 is 0 Å². The van der Waals surface area contributed by atoms with Crippen LogP contribution in [0.5, 0.6) is 5.75 Å². The van der Waals surface area contributed by atoms with Crippen molar-refractivity contribution in [2.75, 3.05) is 18.5 Å². The molecule has 10 heteroatoms. The Morgan fingerprint density at radius 3 is 3.00 bits per heavy atom. The van der Waals surface area contributed by atoms with Gasteiger partial charge in [0.2, 0.25) is 0 Å². The molecule has 4 N–H and O–H groups in total. The van der Waals surface area contributed by atoms with Gasteiger partial charge in [-0.05, 0) is 25.1 Å². The summed E-state index contributed by atoms with van der Waals surface area (Å²) < 4.78 is 34.9. The van der Waals surface area contributed by atoms with Crippen molar-refractivity contribution in [2.45, 2.75) is 25.0 Å². The smallest absolute Gasteiger partial charge is 0.341 e. The van der Waals surface area contributed by atoms with Crippen LogP contribution in [0.1, 0.15) is 34.5 Å². The molecule has 0 aliphatic carbocycles. The molecule has 3 heterocycles. The van der Waals surface area contributed by atoms with E-state index in [-0.39, 0.29) is 24.2 Å². The van der Waals surface area contributed by atoms with Gasteiger partial charge in [0, 0.05) is 30.3 Å². The highest BCUT2D eigenvalue weighted by atomic mass is 19.1. The highest BCUT2D eigenvalue weighted by Gasteiger charge is 2.40. The second kappa shape index (κ2) is 6.96. The third-order valence-corrected chi connectivity index (χ3v) is 5.04. The molecule has 2 atom stereocenters.